The number of halogens is 6. The van der Waals surface area contributed by atoms with Crippen LogP contribution in [0.15, 0.2) is 51.2 Å². The lowest BCUT2D eigenvalue weighted by Crippen LogP contribution is -2.30. The number of aromatic nitrogens is 5. The third kappa shape index (κ3) is 11.0. The molecule has 2 aromatic carbocycles. The number of fused-ring (bicyclic) bond motifs is 4. The number of nitrogens with zero attached hydrogens (tertiary/aromatic N) is 6. The SMILES string of the molecule is O=S(=O)(O)CCNCc1c2oc3c(Cl)c4c(c(Cl)c3nc-2ccc1=NCCNc1ncnc(F)c1F)Oc1c(ccc(CCCNc2ncnc(F)c2F)c1S(=O)(=O)NCCS(=O)(=O)O)N4. The summed E-state index contributed by atoms with van der Waals surface area (Å²) >= 11 is 13.9. The fourth-order valence-corrected chi connectivity index (χ4v) is 9.33. The van der Waals surface area contributed by atoms with Gasteiger partial charge in [-0.15, -0.1) is 0 Å². The molecule has 0 unspecified atom stereocenters. The molecule has 0 radical (unpaired) electrons. The number of hydrogen-bond donors (Lipinski definition) is 7. The first-order valence-corrected chi connectivity index (χ1v) is 24.5. The first kappa shape index (κ1) is 48.3. The van der Waals surface area contributed by atoms with Gasteiger partial charge in [0.1, 0.15) is 44.5 Å². The van der Waals surface area contributed by atoms with Gasteiger partial charge in [0, 0.05) is 38.3 Å². The maximum Gasteiger partial charge on any atom is 0.266 e. The van der Waals surface area contributed by atoms with Crippen molar-refractivity contribution in [3.05, 3.63) is 87.0 Å². The van der Waals surface area contributed by atoms with Gasteiger partial charge in [0.25, 0.3) is 32.1 Å². The van der Waals surface area contributed by atoms with Crippen molar-refractivity contribution in [2.45, 2.75) is 24.3 Å². The molecule has 4 aromatic rings. The zero-order chi connectivity index (χ0) is 47.6. The van der Waals surface area contributed by atoms with Gasteiger partial charge in [0.05, 0.1) is 29.1 Å². The van der Waals surface area contributed by atoms with Gasteiger partial charge in [-0.1, -0.05) is 29.3 Å². The molecular weight excluding hydrogens is 990 g/mol. The molecule has 0 bridgehead atoms. The first-order chi connectivity index (χ1) is 31.2. The maximum absolute atomic E-state index is 14.1. The second-order valence-corrected chi connectivity index (χ2v) is 19.5. The van der Waals surface area contributed by atoms with E-state index in [-0.39, 0.29) is 107 Å². The van der Waals surface area contributed by atoms with Crippen LogP contribution >= 0.6 is 23.2 Å². The second-order valence-electron chi connectivity index (χ2n) is 13.9. The van der Waals surface area contributed by atoms with E-state index >= 15 is 0 Å². The number of anilines is 4. The molecule has 0 saturated carbocycles. The minimum absolute atomic E-state index is 0.00144. The second kappa shape index (κ2) is 19.7. The van der Waals surface area contributed by atoms with E-state index in [9.17, 15) is 51.9 Å². The summed E-state index contributed by atoms with van der Waals surface area (Å²) in [7, 11) is -13.6. The fourth-order valence-electron chi connectivity index (χ4n) is 6.49. The molecule has 0 atom stereocenters. The lowest BCUT2D eigenvalue weighted by atomic mass is 10.1. The average molecular weight is 1020 g/mol. The standard InChI is InChI=1S/C36H33Cl2F4N11O10S3/c37-22-27-31(63-29-21(53-27)4-3-17(32(29)66(60,61)51-11-13-65(57,58)59)2-1-7-45-35-24(39)33(41)47-15-49-35)23(38)26-30(22)62-28-18(14-43-10-12-64(54,55)56)19(5-6-20(28)52-26)44-8-9-46-36-25(40)34(42)48-16-50-36/h3-6,15-16,43,51,53H,1-2,7-14H2,(H,45,47,49)(H,46,48,50)(H,54,55,56)(H,57,58,59). The summed E-state index contributed by atoms with van der Waals surface area (Å²) in [6.07, 6.45) is 1.73. The van der Waals surface area contributed by atoms with Crippen molar-refractivity contribution in [3.8, 4) is 23.0 Å². The van der Waals surface area contributed by atoms with Crippen LogP contribution in [0.25, 0.3) is 22.6 Å². The summed E-state index contributed by atoms with van der Waals surface area (Å²) in [6.45, 7) is -1.11. The van der Waals surface area contributed by atoms with Crippen LogP contribution in [0.3, 0.4) is 0 Å². The lowest BCUT2D eigenvalue weighted by Gasteiger charge is -2.27. The zero-order valence-corrected chi connectivity index (χ0v) is 37.3. The Morgan fingerprint density at radius 1 is 0.773 bits per heavy atom. The van der Waals surface area contributed by atoms with Crippen LogP contribution in [0, 0.1) is 23.5 Å². The minimum Gasteiger partial charge on any atom is -0.451 e. The Bertz CT molecular complexity index is 3250. The molecule has 7 N–H and O–H groups in total. The Balaban J connectivity index is 1.25. The van der Waals surface area contributed by atoms with Crippen LogP contribution in [-0.4, -0.2) is 104 Å². The Morgan fingerprint density at radius 3 is 2.09 bits per heavy atom. The van der Waals surface area contributed by atoms with Crippen LogP contribution in [-0.2, 0) is 43.2 Å². The third-order valence-electron chi connectivity index (χ3n) is 9.43. The van der Waals surface area contributed by atoms with Crippen molar-refractivity contribution in [1.29, 1.82) is 0 Å². The number of nitrogens with one attached hydrogen (secondary N) is 5. The van der Waals surface area contributed by atoms with Crippen molar-refractivity contribution in [2.24, 2.45) is 4.99 Å². The lowest BCUT2D eigenvalue weighted by molar-refractivity contribution is 0.463. The van der Waals surface area contributed by atoms with Gasteiger partial charge < -0.3 is 30.4 Å². The highest BCUT2D eigenvalue weighted by molar-refractivity contribution is 7.90. The summed E-state index contributed by atoms with van der Waals surface area (Å²) in [5.74, 6) is -8.18. The highest BCUT2D eigenvalue weighted by Crippen LogP contribution is 2.54. The van der Waals surface area contributed by atoms with E-state index < -0.39 is 88.4 Å². The number of ether oxygens (including phenoxy) is 1. The van der Waals surface area contributed by atoms with Gasteiger partial charge in [-0.05, 0) is 36.6 Å². The molecule has 2 aromatic heterocycles. The van der Waals surface area contributed by atoms with E-state index in [0.29, 0.717) is 10.9 Å². The molecule has 352 valence electrons. The molecule has 0 amide bonds. The van der Waals surface area contributed by atoms with Crippen LogP contribution in [0.4, 0.5) is 40.6 Å². The predicted octanol–water partition coefficient (Wildman–Crippen LogP) is 4.43. The molecule has 3 aliphatic rings. The molecule has 30 heteroatoms. The van der Waals surface area contributed by atoms with Gasteiger partial charge in [-0.25, -0.2) is 38.1 Å². The van der Waals surface area contributed by atoms with Crippen LogP contribution in [0.5, 0.6) is 11.5 Å². The molecule has 1 aliphatic carbocycles. The van der Waals surface area contributed by atoms with Crippen molar-refractivity contribution in [1.82, 2.24) is 35.0 Å². The topological polar surface area (TPSA) is 302 Å². The molecular formula is C36H33Cl2F4N11O10S3. The molecule has 21 nitrogen and oxygen atoms in total. The zero-order valence-electron chi connectivity index (χ0n) is 33.4. The Labute approximate surface area is 381 Å². The summed E-state index contributed by atoms with van der Waals surface area (Å²) in [5.41, 5.74) is 0.480. The van der Waals surface area contributed by atoms with E-state index in [0.717, 1.165) is 12.7 Å². The highest BCUT2D eigenvalue weighted by atomic mass is 35.5. The van der Waals surface area contributed by atoms with E-state index in [2.05, 4.69) is 55.9 Å². The Kier molecular flexibility index (Phi) is 14.4. The van der Waals surface area contributed by atoms with E-state index in [1.807, 2.05) is 0 Å². The Morgan fingerprint density at radius 2 is 1.42 bits per heavy atom. The van der Waals surface area contributed by atoms with Gasteiger partial charge in [0.15, 0.2) is 34.5 Å². The van der Waals surface area contributed by atoms with Crippen molar-refractivity contribution in [3.63, 3.8) is 0 Å². The molecule has 66 heavy (non-hydrogen) atoms. The third-order valence-corrected chi connectivity index (χ3v) is 13.2. The summed E-state index contributed by atoms with van der Waals surface area (Å²) < 4.78 is 162. The molecule has 0 spiro atoms. The number of sulfonamides is 1. The van der Waals surface area contributed by atoms with Gasteiger partial charge in [-0.2, -0.15) is 34.4 Å². The molecule has 0 fully saturated rings. The predicted molar refractivity (Wildman–Crippen MR) is 230 cm³/mol. The smallest absolute Gasteiger partial charge is 0.266 e. The largest absolute Gasteiger partial charge is 0.451 e. The molecule has 7 rings (SSSR count). The van der Waals surface area contributed by atoms with Crippen LogP contribution in [0.2, 0.25) is 10.0 Å². The van der Waals surface area contributed by atoms with Crippen molar-refractivity contribution >= 4 is 87.6 Å². The molecule has 2 aliphatic heterocycles. The fraction of sp³-hybridized carbons (Fsp3) is 0.278. The number of hydrogen-bond acceptors (Lipinski definition) is 18. The number of benzene rings is 3. The highest BCUT2D eigenvalue weighted by Gasteiger charge is 2.34. The quantitative estimate of drug-likeness (QED) is 0.0194. The monoisotopic (exact) mass is 1020 g/mol. The van der Waals surface area contributed by atoms with E-state index in [1.54, 1.807) is 0 Å². The number of aryl methyl sites for hydroxylation is 1. The van der Waals surface area contributed by atoms with E-state index in [1.165, 1.54) is 24.3 Å². The van der Waals surface area contributed by atoms with Gasteiger partial charge in [-0.3, -0.25) is 14.1 Å². The normalized spacial score (nSPS) is 13.1. The van der Waals surface area contributed by atoms with Crippen molar-refractivity contribution < 1.29 is 61.1 Å². The summed E-state index contributed by atoms with van der Waals surface area (Å²) in [4.78, 5) is 22.3. The van der Waals surface area contributed by atoms with Crippen LogP contribution in [0.1, 0.15) is 17.5 Å². The van der Waals surface area contributed by atoms with E-state index in [4.69, 9.17) is 32.4 Å². The minimum atomic E-state index is -4.66. The summed E-state index contributed by atoms with van der Waals surface area (Å²) in [6, 6.07) is 5.91. The molecule has 0 saturated heterocycles. The van der Waals surface area contributed by atoms with Crippen LogP contribution < -0.4 is 36.1 Å². The average Bonchev–Trinajstić information content (AvgIpc) is 3.25. The van der Waals surface area contributed by atoms with Gasteiger partial charge >= 0.3 is 0 Å². The molecule has 4 heterocycles. The Hall–Kier alpha value is -5.59. The first-order valence-electron chi connectivity index (χ1n) is 19.0. The number of rotatable bonds is 19. The van der Waals surface area contributed by atoms with Gasteiger partial charge in [0.2, 0.25) is 21.7 Å². The maximum atomic E-state index is 14.1. The summed E-state index contributed by atoms with van der Waals surface area (Å²) in [5, 5.41) is 11.0. The van der Waals surface area contributed by atoms with Crippen molar-refractivity contribution in [2.75, 3.05) is 60.2 Å².